The Hall–Kier alpha value is -2.63. The predicted octanol–water partition coefficient (Wildman–Crippen LogP) is 4.37. The SMILES string of the molecule is Cc1ccccc1NC(=O)c1cc2n(n1)C[C@H](c1ccc(Cl)cc1)OC2. The highest BCUT2D eigenvalue weighted by molar-refractivity contribution is 6.30. The fourth-order valence-electron chi connectivity index (χ4n) is 3.01. The van der Waals surface area contributed by atoms with Crippen LogP contribution in [-0.2, 0) is 17.9 Å². The second-order valence-electron chi connectivity index (χ2n) is 6.32. The minimum atomic E-state index is -0.218. The Kier molecular flexibility index (Phi) is 4.49. The van der Waals surface area contributed by atoms with E-state index in [1.807, 2.05) is 60.1 Å². The zero-order valence-corrected chi connectivity index (χ0v) is 15.0. The van der Waals surface area contributed by atoms with Gasteiger partial charge >= 0.3 is 0 Å². The minimum absolute atomic E-state index is 0.105. The molecule has 1 N–H and O–H groups in total. The van der Waals surface area contributed by atoms with E-state index in [1.165, 1.54) is 0 Å². The van der Waals surface area contributed by atoms with Crippen LogP contribution < -0.4 is 5.32 Å². The number of hydrogen-bond acceptors (Lipinski definition) is 3. The quantitative estimate of drug-likeness (QED) is 0.747. The number of aromatic nitrogens is 2. The van der Waals surface area contributed by atoms with Gasteiger partial charge in [0.25, 0.3) is 5.91 Å². The molecule has 4 rings (SSSR count). The number of benzene rings is 2. The molecule has 2 heterocycles. The van der Waals surface area contributed by atoms with Crippen molar-refractivity contribution in [3.8, 4) is 0 Å². The van der Waals surface area contributed by atoms with E-state index in [-0.39, 0.29) is 12.0 Å². The number of ether oxygens (including phenoxy) is 1. The van der Waals surface area contributed by atoms with E-state index in [9.17, 15) is 4.79 Å². The number of carbonyl (C=O) groups is 1. The number of nitrogens with zero attached hydrogens (tertiary/aromatic N) is 2. The maximum atomic E-state index is 12.5. The summed E-state index contributed by atoms with van der Waals surface area (Å²) in [6.07, 6.45) is -0.105. The van der Waals surface area contributed by atoms with Gasteiger partial charge in [0.1, 0.15) is 6.10 Å². The molecule has 5 nitrogen and oxygen atoms in total. The summed E-state index contributed by atoms with van der Waals surface area (Å²) in [6, 6.07) is 17.0. The summed E-state index contributed by atoms with van der Waals surface area (Å²) in [5, 5.41) is 8.08. The van der Waals surface area contributed by atoms with Gasteiger partial charge in [-0.05, 0) is 42.3 Å². The average molecular weight is 368 g/mol. The summed E-state index contributed by atoms with van der Waals surface area (Å²) >= 11 is 5.94. The topological polar surface area (TPSA) is 56.2 Å². The Balaban J connectivity index is 1.51. The Labute approximate surface area is 156 Å². The number of carbonyl (C=O) groups excluding carboxylic acids is 1. The van der Waals surface area contributed by atoms with Gasteiger partial charge in [0.2, 0.25) is 0 Å². The van der Waals surface area contributed by atoms with Crippen LogP contribution in [0.1, 0.15) is 33.4 Å². The fraction of sp³-hybridized carbons (Fsp3) is 0.200. The van der Waals surface area contributed by atoms with Crippen molar-refractivity contribution < 1.29 is 9.53 Å². The lowest BCUT2D eigenvalue weighted by Gasteiger charge is -2.24. The Bertz CT molecular complexity index is 950. The number of para-hydroxylation sites is 1. The van der Waals surface area contributed by atoms with E-state index in [0.717, 1.165) is 22.5 Å². The molecule has 6 heteroatoms. The average Bonchev–Trinajstić information content (AvgIpc) is 3.07. The van der Waals surface area contributed by atoms with Crippen LogP contribution in [0.4, 0.5) is 5.69 Å². The second kappa shape index (κ2) is 6.94. The van der Waals surface area contributed by atoms with Crippen molar-refractivity contribution in [3.63, 3.8) is 0 Å². The molecule has 1 atom stereocenters. The zero-order valence-electron chi connectivity index (χ0n) is 14.3. The van der Waals surface area contributed by atoms with Gasteiger partial charge in [0, 0.05) is 10.7 Å². The van der Waals surface area contributed by atoms with E-state index in [0.29, 0.717) is 23.9 Å². The molecule has 1 aliphatic rings. The lowest BCUT2D eigenvalue weighted by atomic mass is 10.1. The smallest absolute Gasteiger partial charge is 0.276 e. The number of aryl methyl sites for hydroxylation is 1. The van der Waals surface area contributed by atoms with E-state index < -0.39 is 0 Å². The van der Waals surface area contributed by atoms with E-state index in [2.05, 4.69) is 10.4 Å². The molecule has 2 aromatic carbocycles. The number of hydrogen-bond donors (Lipinski definition) is 1. The van der Waals surface area contributed by atoms with Crippen molar-refractivity contribution in [2.75, 3.05) is 5.32 Å². The summed E-state index contributed by atoms with van der Waals surface area (Å²) in [7, 11) is 0. The van der Waals surface area contributed by atoms with Crippen LogP contribution in [0.2, 0.25) is 5.02 Å². The molecule has 3 aromatic rings. The monoisotopic (exact) mass is 367 g/mol. The summed E-state index contributed by atoms with van der Waals surface area (Å²) in [5.74, 6) is -0.218. The lowest BCUT2D eigenvalue weighted by Crippen LogP contribution is -2.22. The van der Waals surface area contributed by atoms with Crippen molar-refractivity contribution in [3.05, 3.63) is 82.1 Å². The van der Waals surface area contributed by atoms with Gasteiger partial charge in [-0.1, -0.05) is 41.9 Å². The number of fused-ring (bicyclic) bond motifs is 1. The van der Waals surface area contributed by atoms with Crippen LogP contribution in [0.5, 0.6) is 0 Å². The number of anilines is 1. The van der Waals surface area contributed by atoms with Crippen LogP contribution in [0.25, 0.3) is 0 Å². The third-order valence-electron chi connectivity index (χ3n) is 4.50. The van der Waals surface area contributed by atoms with Gasteiger partial charge < -0.3 is 10.1 Å². The first-order chi connectivity index (χ1) is 12.6. The van der Waals surface area contributed by atoms with Crippen LogP contribution >= 0.6 is 11.6 Å². The molecule has 0 spiro atoms. The first-order valence-corrected chi connectivity index (χ1v) is 8.79. The molecule has 0 bridgehead atoms. The van der Waals surface area contributed by atoms with Crippen LogP contribution in [0.3, 0.4) is 0 Å². The zero-order chi connectivity index (χ0) is 18.1. The van der Waals surface area contributed by atoms with Crippen LogP contribution in [0, 0.1) is 6.92 Å². The molecule has 0 aliphatic carbocycles. The van der Waals surface area contributed by atoms with Crippen molar-refractivity contribution in [1.82, 2.24) is 9.78 Å². The van der Waals surface area contributed by atoms with Gasteiger partial charge in [-0.25, -0.2) is 0 Å². The Morgan fingerprint density at radius 2 is 2.00 bits per heavy atom. The maximum Gasteiger partial charge on any atom is 0.276 e. The molecule has 0 unspecified atom stereocenters. The number of amides is 1. The molecule has 1 aliphatic heterocycles. The van der Waals surface area contributed by atoms with E-state index >= 15 is 0 Å². The maximum absolute atomic E-state index is 12.5. The van der Waals surface area contributed by atoms with Gasteiger partial charge in [0.05, 0.1) is 18.8 Å². The molecular weight excluding hydrogens is 350 g/mol. The predicted molar refractivity (Wildman–Crippen MR) is 100 cm³/mol. The third-order valence-corrected chi connectivity index (χ3v) is 4.75. The summed E-state index contributed by atoms with van der Waals surface area (Å²) in [6.45, 7) is 2.94. The van der Waals surface area contributed by atoms with Gasteiger partial charge in [-0.3, -0.25) is 9.48 Å². The third kappa shape index (κ3) is 3.36. The molecule has 0 saturated heterocycles. The van der Waals surface area contributed by atoms with Crippen molar-refractivity contribution in [2.24, 2.45) is 0 Å². The molecular formula is C20H18ClN3O2. The van der Waals surface area contributed by atoms with Crippen LogP contribution in [0.15, 0.2) is 54.6 Å². The molecule has 0 radical (unpaired) electrons. The van der Waals surface area contributed by atoms with E-state index in [1.54, 1.807) is 6.07 Å². The van der Waals surface area contributed by atoms with Gasteiger partial charge in [-0.2, -0.15) is 5.10 Å². The normalized spacial score (nSPS) is 16.2. The van der Waals surface area contributed by atoms with Crippen molar-refractivity contribution >= 4 is 23.2 Å². The fourth-order valence-corrected chi connectivity index (χ4v) is 3.14. The molecule has 132 valence electrons. The Morgan fingerprint density at radius 1 is 1.23 bits per heavy atom. The first-order valence-electron chi connectivity index (χ1n) is 8.41. The summed E-state index contributed by atoms with van der Waals surface area (Å²) < 4.78 is 7.77. The molecule has 0 saturated carbocycles. The van der Waals surface area contributed by atoms with Gasteiger partial charge in [-0.15, -0.1) is 0 Å². The number of halogens is 1. The van der Waals surface area contributed by atoms with Crippen molar-refractivity contribution in [1.29, 1.82) is 0 Å². The number of nitrogens with one attached hydrogen (secondary N) is 1. The van der Waals surface area contributed by atoms with E-state index in [4.69, 9.17) is 16.3 Å². The molecule has 1 amide bonds. The summed E-state index contributed by atoms with van der Waals surface area (Å²) in [4.78, 5) is 12.5. The number of rotatable bonds is 3. The Morgan fingerprint density at radius 3 is 2.77 bits per heavy atom. The van der Waals surface area contributed by atoms with Gasteiger partial charge in [0.15, 0.2) is 5.69 Å². The highest BCUT2D eigenvalue weighted by atomic mass is 35.5. The van der Waals surface area contributed by atoms with Crippen LogP contribution in [-0.4, -0.2) is 15.7 Å². The summed E-state index contributed by atoms with van der Waals surface area (Å²) in [5.41, 5.74) is 4.13. The highest BCUT2D eigenvalue weighted by Gasteiger charge is 2.24. The molecule has 0 fully saturated rings. The van der Waals surface area contributed by atoms with Crippen molar-refractivity contribution in [2.45, 2.75) is 26.2 Å². The largest absolute Gasteiger partial charge is 0.365 e. The minimum Gasteiger partial charge on any atom is -0.365 e. The lowest BCUT2D eigenvalue weighted by molar-refractivity contribution is -0.00118. The first kappa shape index (κ1) is 16.8. The molecule has 1 aromatic heterocycles. The molecule has 26 heavy (non-hydrogen) atoms. The second-order valence-corrected chi connectivity index (χ2v) is 6.76. The highest BCUT2D eigenvalue weighted by Crippen LogP contribution is 2.27. The standard InChI is InChI=1S/C20H18ClN3O2/c1-13-4-2-3-5-17(13)22-20(25)18-10-16-12-26-19(11-24(16)23-18)14-6-8-15(21)9-7-14/h2-10,19H,11-12H2,1H3,(H,22,25)/t19-/m1/s1.